The highest BCUT2D eigenvalue weighted by atomic mass is 28.3. The van der Waals surface area contributed by atoms with E-state index >= 15 is 0 Å². The number of nitrogens with zero attached hydrogens (tertiary/aromatic N) is 2. The molecule has 0 aliphatic heterocycles. The standard InChI is InChI=1S/C17H17F4N3O2Si/c1-23-14(17(19,20)21)9-15(25)24(16(23)26)13-8-12(22)10(7-11(13)18)5-6-27(2,3)4/h7-9H,22H2,1-4H3. The minimum atomic E-state index is -4.90. The molecular weight excluding hydrogens is 382 g/mol. The molecule has 0 spiro atoms. The molecule has 2 N–H and O–H groups in total. The van der Waals surface area contributed by atoms with Gasteiger partial charge in [0, 0.05) is 24.4 Å². The fraction of sp³-hybridized carbons (Fsp3) is 0.294. The highest BCUT2D eigenvalue weighted by Crippen LogP contribution is 2.27. The van der Waals surface area contributed by atoms with Crippen LogP contribution in [0.2, 0.25) is 19.6 Å². The molecule has 0 saturated heterocycles. The molecule has 2 aromatic rings. The summed E-state index contributed by atoms with van der Waals surface area (Å²) >= 11 is 0. The third-order valence-corrected chi connectivity index (χ3v) is 4.42. The van der Waals surface area contributed by atoms with Gasteiger partial charge in [0.15, 0.2) is 0 Å². The van der Waals surface area contributed by atoms with E-state index in [1.807, 2.05) is 19.6 Å². The summed E-state index contributed by atoms with van der Waals surface area (Å²) in [4.78, 5) is 24.3. The van der Waals surface area contributed by atoms with Crippen molar-refractivity contribution < 1.29 is 17.6 Å². The molecule has 0 saturated carbocycles. The summed E-state index contributed by atoms with van der Waals surface area (Å²) in [5.74, 6) is 1.77. The third-order valence-electron chi connectivity index (χ3n) is 3.54. The van der Waals surface area contributed by atoms with E-state index in [1.165, 1.54) is 0 Å². The Morgan fingerprint density at radius 3 is 2.22 bits per heavy atom. The fourth-order valence-corrected chi connectivity index (χ4v) is 2.74. The number of alkyl halides is 3. The van der Waals surface area contributed by atoms with Crippen LogP contribution in [-0.2, 0) is 13.2 Å². The van der Waals surface area contributed by atoms with Crippen molar-refractivity contribution >= 4 is 13.8 Å². The fourth-order valence-electron chi connectivity index (χ4n) is 2.23. The minimum Gasteiger partial charge on any atom is -0.398 e. The topological polar surface area (TPSA) is 70.0 Å². The van der Waals surface area contributed by atoms with Gasteiger partial charge in [-0.05, 0) is 12.1 Å². The van der Waals surface area contributed by atoms with E-state index in [1.54, 1.807) is 0 Å². The van der Waals surface area contributed by atoms with Crippen LogP contribution in [-0.4, -0.2) is 17.2 Å². The van der Waals surface area contributed by atoms with Gasteiger partial charge in [-0.1, -0.05) is 25.6 Å². The van der Waals surface area contributed by atoms with Gasteiger partial charge in [0.1, 0.15) is 19.6 Å². The first kappa shape index (κ1) is 20.5. The normalized spacial score (nSPS) is 11.9. The maximum absolute atomic E-state index is 14.5. The average Bonchev–Trinajstić information content (AvgIpc) is 2.50. The molecule has 0 bridgehead atoms. The molecule has 10 heteroatoms. The van der Waals surface area contributed by atoms with Crippen molar-refractivity contribution in [2.24, 2.45) is 7.05 Å². The molecule has 0 amide bonds. The van der Waals surface area contributed by atoms with Crippen molar-refractivity contribution in [1.82, 2.24) is 9.13 Å². The smallest absolute Gasteiger partial charge is 0.398 e. The molecule has 0 atom stereocenters. The van der Waals surface area contributed by atoms with Crippen molar-refractivity contribution in [3.63, 3.8) is 0 Å². The lowest BCUT2D eigenvalue weighted by molar-refractivity contribution is -0.144. The van der Waals surface area contributed by atoms with Gasteiger partial charge in [0.05, 0.1) is 5.69 Å². The summed E-state index contributed by atoms with van der Waals surface area (Å²) in [5, 5.41) is 0. The van der Waals surface area contributed by atoms with Gasteiger partial charge in [0.25, 0.3) is 5.56 Å². The summed E-state index contributed by atoms with van der Waals surface area (Å²) < 4.78 is 53.8. The van der Waals surface area contributed by atoms with Gasteiger partial charge in [-0.3, -0.25) is 9.36 Å². The number of nitrogen functional groups attached to an aromatic ring is 1. The quantitative estimate of drug-likeness (QED) is 0.347. The predicted octanol–water partition coefficient (Wildman–Crippen LogP) is 2.51. The molecule has 0 radical (unpaired) electrons. The average molecular weight is 399 g/mol. The van der Waals surface area contributed by atoms with Gasteiger partial charge in [-0.25, -0.2) is 13.8 Å². The summed E-state index contributed by atoms with van der Waals surface area (Å²) in [6, 6.07) is 2.21. The number of rotatable bonds is 1. The molecule has 0 aliphatic carbocycles. The van der Waals surface area contributed by atoms with Crippen LogP contribution in [0.25, 0.3) is 5.69 Å². The monoisotopic (exact) mass is 399 g/mol. The molecule has 1 aromatic carbocycles. The zero-order valence-electron chi connectivity index (χ0n) is 15.0. The van der Waals surface area contributed by atoms with E-state index < -0.39 is 42.7 Å². The van der Waals surface area contributed by atoms with E-state index in [2.05, 4.69) is 11.5 Å². The van der Waals surface area contributed by atoms with Gasteiger partial charge in [-0.2, -0.15) is 13.2 Å². The highest BCUT2D eigenvalue weighted by Gasteiger charge is 2.35. The zero-order valence-corrected chi connectivity index (χ0v) is 16.0. The van der Waals surface area contributed by atoms with Crippen LogP contribution >= 0.6 is 0 Å². The van der Waals surface area contributed by atoms with Crippen LogP contribution in [0, 0.1) is 17.3 Å². The second-order valence-corrected chi connectivity index (χ2v) is 11.7. The summed E-state index contributed by atoms with van der Waals surface area (Å²) in [5.41, 5.74) is 4.40. The van der Waals surface area contributed by atoms with Crippen LogP contribution in [0.15, 0.2) is 27.8 Å². The Kier molecular flexibility index (Phi) is 5.12. The Labute approximate surface area is 153 Å². The Morgan fingerprint density at radius 2 is 1.70 bits per heavy atom. The molecule has 2 rings (SSSR count). The molecular formula is C17H17F4N3O2Si. The van der Waals surface area contributed by atoms with Crippen molar-refractivity contribution in [3.05, 3.63) is 56.1 Å². The number of hydrogen-bond donors (Lipinski definition) is 1. The van der Waals surface area contributed by atoms with Crippen molar-refractivity contribution in [1.29, 1.82) is 0 Å². The lowest BCUT2D eigenvalue weighted by atomic mass is 10.1. The molecule has 0 aliphatic rings. The van der Waals surface area contributed by atoms with Gasteiger partial charge in [0.2, 0.25) is 0 Å². The Balaban J connectivity index is 2.72. The maximum Gasteiger partial charge on any atom is 0.431 e. The molecule has 144 valence electrons. The van der Waals surface area contributed by atoms with Gasteiger partial charge >= 0.3 is 11.9 Å². The van der Waals surface area contributed by atoms with Gasteiger partial charge < -0.3 is 5.73 Å². The van der Waals surface area contributed by atoms with Gasteiger partial charge in [-0.15, -0.1) is 5.54 Å². The van der Waals surface area contributed by atoms with Crippen LogP contribution in [0.3, 0.4) is 0 Å². The number of aromatic nitrogens is 2. The largest absolute Gasteiger partial charge is 0.431 e. The first-order valence-electron chi connectivity index (χ1n) is 7.75. The van der Waals surface area contributed by atoms with E-state index in [4.69, 9.17) is 5.73 Å². The molecule has 27 heavy (non-hydrogen) atoms. The van der Waals surface area contributed by atoms with E-state index in [0.29, 0.717) is 4.57 Å². The summed E-state index contributed by atoms with van der Waals surface area (Å²) in [7, 11) is -0.918. The number of benzene rings is 1. The number of anilines is 1. The molecule has 5 nitrogen and oxygen atoms in total. The van der Waals surface area contributed by atoms with Crippen LogP contribution in [0.4, 0.5) is 23.2 Å². The Morgan fingerprint density at radius 1 is 1.11 bits per heavy atom. The van der Waals surface area contributed by atoms with E-state index in [9.17, 15) is 27.2 Å². The first-order chi connectivity index (χ1) is 12.2. The summed E-state index contributed by atoms with van der Waals surface area (Å²) in [6.45, 7) is 5.94. The molecule has 0 fully saturated rings. The van der Waals surface area contributed by atoms with Crippen molar-refractivity contribution in [2.45, 2.75) is 25.8 Å². The third kappa shape index (κ3) is 4.31. The van der Waals surface area contributed by atoms with Crippen molar-refractivity contribution in [2.75, 3.05) is 5.73 Å². The number of hydrogen-bond acceptors (Lipinski definition) is 3. The minimum absolute atomic E-state index is 0.00556. The maximum atomic E-state index is 14.5. The van der Waals surface area contributed by atoms with Crippen LogP contribution < -0.4 is 17.0 Å². The molecule has 1 aromatic heterocycles. The van der Waals surface area contributed by atoms with Crippen molar-refractivity contribution in [3.8, 4) is 17.2 Å². The Hall–Kier alpha value is -2.80. The predicted molar refractivity (Wildman–Crippen MR) is 96.9 cm³/mol. The van der Waals surface area contributed by atoms with E-state index in [-0.39, 0.29) is 21.9 Å². The Bertz CT molecular complexity index is 1080. The number of halogens is 4. The highest BCUT2D eigenvalue weighted by molar-refractivity contribution is 6.83. The summed E-state index contributed by atoms with van der Waals surface area (Å²) in [6.07, 6.45) is -4.90. The van der Waals surface area contributed by atoms with Crippen LogP contribution in [0.1, 0.15) is 11.3 Å². The lowest BCUT2D eigenvalue weighted by Crippen LogP contribution is -2.41. The SMILES string of the molecule is Cn1c(C(F)(F)F)cc(=O)n(-c2cc(N)c(C#C[Si](C)(C)C)cc2F)c1=O. The first-order valence-corrected chi connectivity index (χ1v) is 11.3. The second kappa shape index (κ2) is 6.73. The van der Waals surface area contributed by atoms with Crippen LogP contribution in [0.5, 0.6) is 0 Å². The second-order valence-electron chi connectivity index (χ2n) is 6.93. The molecule has 0 unspecified atom stereocenters. The van der Waals surface area contributed by atoms with E-state index in [0.717, 1.165) is 19.2 Å². The number of nitrogens with two attached hydrogens (primary N) is 1. The lowest BCUT2D eigenvalue weighted by Gasteiger charge is -2.15. The molecule has 1 heterocycles. The zero-order chi connectivity index (χ0) is 20.7.